The van der Waals surface area contributed by atoms with Crippen LogP contribution in [-0.4, -0.2) is 7.11 Å². The van der Waals surface area contributed by atoms with Crippen LogP contribution in [0.5, 0.6) is 5.75 Å². The Kier molecular flexibility index (Phi) is 4.69. The molecule has 2 aromatic carbocycles. The van der Waals surface area contributed by atoms with Gasteiger partial charge in [0.15, 0.2) is 0 Å². The van der Waals surface area contributed by atoms with Gasteiger partial charge in [-0.1, -0.05) is 61.7 Å². The van der Waals surface area contributed by atoms with Crippen molar-refractivity contribution >= 4 is 31.9 Å². The van der Waals surface area contributed by atoms with Gasteiger partial charge in [0.05, 0.1) is 11.9 Å². The molecule has 0 bridgehead atoms. The van der Waals surface area contributed by atoms with Gasteiger partial charge in [-0.3, -0.25) is 0 Å². The van der Waals surface area contributed by atoms with Crippen LogP contribution >= 0.6 is 31.9 Å². The number of rotatable bonds is 3. The maximum absolute atomic E-state index is 5.23. The van der Waals surface area contributed by atoms with Gasteiger partial charge >= 0.3 is 0 Å². The van der Waals surface area contributed by atoms with E-state index in [1.54, 1.807) is 7.11 Å². The molecule has 0 fully saturated rings. The number of halogens is 2. The van der Waals surface area contributed by atoms with Gasteiger partial charge in [-0.05, 0) is 42.7 Å². The van der Waals surface area contributed by atoms with Crippen LogP contribution in [0.4, 0.5) is 0 Å². The Hall–Kier alpha value is -0.800. The summed E-state index contributed by atoms with van der Waals surface area (Å²) in [4.78, 5) is 0.174. The molecule has 0 aliphatic rings. The fourth-order valence-corrected chi connectivity index (χ4v) is 3.83. The lowest BCUT2D eigenvalue weighted by Crippen LogP contribution is -1.98. The highest BCUT2D eigenvalue weighted by atomic mass is 79.9. The molecule has 0 N–H and O–H groups in total. The van der Waals surface area contributed by atoms with Gasteiger partial charge in [0, 0.05) is 4.47 Å². The minimum Gasteiger partial charge on any atom is -0.497 e. The number of hydrogen-bond acceptors (Lipinski definition) is 1. The first kappa shape index (κ1) is 14.6. The molecule has 0 aromatic heterocycles. The molecule has 0 heterocycles. The van der Waals surface area contributed by atoms with E-state index in [0.29, 0.717) is 0 Å². The van der Waals surface area contributed by atoms with Crippen LogP contribution in [0.1, 0.15) is 27.1 Å². The highest BCUT2D eigenvalue weighted by molar-refractivity contribution is 9.11. The smallest absolute Gasteiger partial charge is 0.120 e. The van der Waals surface area contributed by atoms with E-state index < -0.39 is 0 Å². The zero-order chi connectivity index (χ0) is 14.0. The third-order valence-electron chi connectivity index (χ3n) is 3.19. The summed E-state index contributed by atoms with van der Waals surface area (Å²) in [6.45, 7) is 4.26. The van der Waals surface area contributed by atoms with E-state index in [0.717, 1.165) is 10.2 Å². The molecule has 0 saturated carbocycles. The van der Waals surface area contributed by atoms with Crippen molar-refractivity contribution in [3.05, 3.63) is 63.1 Å². The summed E-state index contributed by atoms with van der Waals surface area (Å²) >= 11 is 7.42. The lowest BCUT2D eigenvalue weighted by atomic mass is 9.98. The molecule has 0 radical (unpaired) electrons. The van der Waals surface area contributed by atoms with Crippen LogP contribution in [0, 0.1) is 13.8 Å². The van der Waals surface area contributed by atoms with Gasteiger partial charge in [0.1, 0.15) is 5.75 Å². The quantitative estimate of drug-likeness (QED) is 0.630. The lowest BCUT2D eigenvalue weighted by molar-refractivity contribution is 0.414. The van der Waals surface area contributed by atoms with E-state index in [1.165, 1.54) is 22.3 Å². The standard InChI is InChI=1S/C16H16Br2O/c1-10-4-5-11(2)14(8-10)16(18)13-7-6-12(19-3)9-15(13)17/h4-9,16H,1-3H3. The predicted molar refractivity (Wildman–Crippen MR) is 87.4 cm³/mol. The lowest BCUT2D eigenvalue weighted by Gasteiger charge is -2.16. The minimum absolute atomic E-state index is 0.174. The van der Waals surface area contributed by atoms with Crippen LogP contribution < -0.4 is 4.74 Å². The third kappa shape index (κ3) is 3.21. The summed E-state index contributed by atoms with van der Waals surface area (Å²) in [5.41, 5.74) is 5.06. The Balaban J connectivity index is 2.43. The first-order chi connectivity index (χ1) is 9.02. The highest BCUT2D eigenvalue weighted by Gasteiger charge is 2.16. The van der Waals surface area contributed by atoms with Crippen molar-refractivity contribution in [2.75, 3.05) is 7.11 Å². The summed E-state index contributed by atoms with van der Waals surface area (Å²) in [6.07, 6.45) is 0. The molecule has 0 aliphatic heterocycles. The average molecular weight is 384 g/mol. The zero-order valence-electron chi connectivity index (χ0n) is 11.2. The van der Waals surface area contributed by atoms with E-state index in [4.69, 9.17) is 4.74 Å². The summed E-state index contributed by atoms with van der Waals surface area (Å²) in [6, 6.07) is 12.6. The van der Waals surface area contributed by atoms with Gasteiger partial charge < -0.3 is 4.74 Å². The van der Waals surface area contributed by atoms with Gasteiger partial charge in [-0.15, -0.1) is 0 Å². The molecule has 0 spiro atoms. The van der Waals surface area contributed by atoms with E-state index in [2.05, 4.69) is 70.0 Å². The monoisotopic (exact) mass is 382 g/mol. The normalized spacial score (nSPS) is 12.3. The van der Waals surface area contributed by atoms with Crippen LogP contribution in [0.2, 0.25) is 0 Å². The Morgan fingerprint density at radius 3 is 2.37 bits per heavy atom. The Morgan fingerprint density at radius 1 is 1.00 bits per heavy atom. The van der Waals surface area contributed by atoms with Crippen molar-refractivity contribution < 1.29 is 4.74 Å². The Morgan fingerprint density at radius 2 is 1.74 bits per heavy atom. The van der Waals surface area contributed by atoms with Crippen molar-refractivity contribution in [1.82, 2.24) is 0 Å². The van der Waals surface area contributed by atoms with Gasteiger partial charge in [-0.2, -0.15) is 0 Å². The number of benzene rings is 2. The number of alkyl halides is 1. The van der Waals surface area contributed by atoms with Crippen LogP contribution in [-0.2, 0) is 0 Å². The zero-order valence-corrected chi connectivity index (χ0v) is 14.4. The maximum atomic E-state index is 5.23. The number of hydrogen-bond donors (Lipinski definition) is 0. The van der Waals surface area contributed by atoms with E-state index in [-0.39, 0.29) is 4.83 Å². The van der Waals surface area contributed by atoms with Crippen LogP contribution in [0.15, 0.2) is 40.9 Å². The van der Waals surface area contributed by atoms with E-state index in [9.17, 15) is 0 Å². The molecule has 3 heteroatoms. The molecule has 2 rings (SSSR count). The summed E-state index contributed by atoms with van der Waals surface area (Å²) in [7, 11) is 1.68. The van der Waals surface area contributed by atoms with Crippen LogP contribution in [0.3, 0.4) is 0 Å². The summed E-state index contributed by atoms with van der Waals surface area (Å²) in [5.74, 6) is 0.858. The Bertz CT molecular complexity index is 593. The molecule has 1 atom stereocenters. The fourth-order valence-electron chi connectivity index (χ4n) is 2.04. The first-order valence-corrected chi connectivity index (χ1v) is 7.78. The second kappa shape index (κ2) is 6.10. The van der Waals surface area contributed by atoms with Crippen molar-refractivity contribution in [1.29, 1.82) is 0 Å². The highest BCUT2D eigenvalue weighted by Crippen LogP contribution is 2.38. The first-order valence-electron chi connectivity index (χ1n) is 6.07. The van der Waals surface area contributed by atoms with Gasteiger partial charge in [0.25, 0.3) is 0 Å². The summed E-state index contributed by atoms with van der Waals surface area (Å²) in [5, 5.41) is 0. The molecular formula is C16H16Br2O. The molecule has 0 saturated heterocycles. The summed E-state index contributed by atoms with van der Waals surface area (Å²) < 4.78 is 6.28. The van der Waals surface area contributed by atoms with Crippen molar-refractivity contribution in [3.8, 4) is 5.75 Å². The molecule has 100 valence electrons. The van der Waals surface area contributed by atoms with Crippen molar-refractivity contribution in [2.45, 2.75) is 18.7 Å². The van der Waals surface area contributed by atoms with Crippen molar-refractivity contribution in [2.24, 2.45) is 0 Å². The van der Waals surface area contributed by atoms with Crippen molar-refractivity contribution in [3.63, 3.8) is 0 Å². The predicted octanol–water partition coefficient (Wildman–Crippen LogP) is 5.56. The van der Waals surface area contributed by atoms with Crippen LogP contribution in [0.25, 0.3) is 0 Å². The topological polar surface area (TPSA) is 9.23 Å². The SMILES string of the molecule is COc1ccc(C(Br)c2cc(C)ccc2C)c(Br)c1. The Labute approximate surface area is 131 Å². The third-order valence-corrected chi connectivity index (χ3v) is 4.86. The molecule has 19 heavy (non-hydrogen) atoms. The second-order valence-electron chi connectivity index (χ2n) is 4.61. The van der Waals surface area contributed by atoms with E-state index >= 15 is 0 Å². The maximum Gasteiger partial charge on any atom is 0.120 e. The fraction of sp³-hybridized carbons (Fsp3) is 0.250. The largest absolute Gasteiger partial charge is 0.497 e. The molecule has 1 nitrogen and oxygen atoms in total. The second-order valence-corrected chi connectivity index (χ2v) is 6.38. The van der Waals surface area contributed by atoms with Gasteiger partial charge in [0.2, 0.25) is 0 Å². The molecule has 0 amide bonds. The number of aryl methyl sites for hydroxylation is 2. The van der Waals surface area contributed by atoms with Gasteiger partial charge in [-0.25, -0.2) is 0 Å². The molecular weight excluding hydrogens is 368 g/mol. The minimum atomic E-state index is 0.174. The average Bonchev–Trinajstić information content (AvgIpc) is 2.40. The van der Waals surface area contributed by atoms with E-state index in [1.807, 2.05) is 12.1 Å². The number of methoxy groups -OCH3 is 1. The molecule has 2 aromatic rings. The molecule has 0 aliphatic carbocycles. The molecule has 1 unspecified atom stereocenters. The number of ether oxygens (including phenoxy) is 1.